The van der Waals surface area contributed by atoms with Crippen molar-refractivity contribution in [2.45, 2.75) is 13.0 Å². The van der Waals surface area contributed by atoms with Gasteiger partial charge in [0.1, 0.15) is 18.1 Å². The lowest BCUT2D eigenvalue weighted by atomic mass is 10.0. The van der Waals surface area contributed by atoms with Crippen molar-refractivity contribution in [3.63, 3.8) is 0 Å². The van der Waals surface area contributed by atoms with E-state index < -0.39 is 0 Å². The molecule has 0 spiro atoms. The van der Waals surface area contributed by atoms with Gasteiger partial charge >= 0.3 is 0 Å². The largest absolute Gasteiger partial charge is 0.497 e. The van der Waals surface area contributed by atoms with Crippen molar-refractivity contribution in [3.05, 3.63) is 78.4 Å². The van der Waals surface area contributed by atoms with Crippen molar-refractivity contribution in [1.29, 1.82) is 0 Å². The highest BCUT2D eigenvalue weighted by molar-refractivity contribution is 7.13. The van der Waals surface area contributed by atoms with Gasteiger partial charge in [0, 0.05) is 23.9 Å². The first-order valence-electron chi connectivity index (χ1n) is 10.7. The maximum Gasteiger partial charge on any atom is 0.147 e. The summed E-state index contributed by atoms with van der Waals surface area (Å²) in [6, 6.07) is 25.5. The van der Waals surface area contributed by atoms with Crippen LogP contribution in [0.4, 0.5) is 5.82 Å². The number of rotatable bonds is 9. The third kappa shape index (κ3) is 5.43. The highest BCUT2D eigenvalue weighted by atomic mass is 32.1. The second-order valence-corrected chi connectivity index (χ2v) is 9.36. The zero-order chi connectivity index (χ0) is 21.7. The van der Waals surface area contributed by atoms with Crippen molar-refractivity contribution in [2.75, 3.05) is 39.6 Å². The van der Waals surface area contributed by atoms with Crippen molar-refractivity contribution in [1.82, 2.24) is 4.37 Å². The van der Waals surface area contributed by atoms with Crippen molar-refractivity contribution >= 4 is 27.4 Å². The van der Waals surface area contributed by atoms with Gasteiger partial charge < -0.3 is 14.5 Å². The Balaban J connectivity index is 1.28. The van der Waals surface area contributed by atoms with Crippen LogP contribution in [-0.4, -0.2) is 43.2 Å². The molecule has 0 aliphatic carbocycles. The summed E-state index contributed by atoms with van der Waals surface area (Å²) in [7, 11) is 6.30. The van der Waals surface area contributed by atoms with E-state index in [2.05, 4.69) is 84.4 Å². The lowest BCUT2D eigenvalue weighted by Gasteiger charge is -2.30. The zero-order valence-corrected chi connectivity index (χ0v) is 19.3. The maximum atomic E-state index is 5.25. The van der Waals surface area contributed by atoms with Gasteiger partial charge in [0.25, 0.3) is 0 Å². The van der Waals surface area contributed by atoms with Gasteiger partial charge in [0.2, 0.25) is 0 Å². The SMILES string of the molecule is COc1ccc(-c2ccc(C[N+](C)(C)CCCNc3nsc4ccccc34)cc2)cc1. The van der Waals surface area contributed by atoms with E-state index in [0.29, 0.717) is 0 Å². The number of nitrogens with one attached hydrogen (secondary N) is 1. The monoisotopic (exact) mass is 432 g/mol. The van der Waals surface area contributed by atoms with Crippen LogP contribution in [0.1, 0.15) is 12.0 Å². The summed E-state index contributed by atoms with van der Waals surface area (Å²) in [5.74, 6) is 1.90. The molecule has 0 radical (unpaired) electrons. The Morgan fingerprint density at radius 1 is 0.903 bits per heavy atom. The quantitative estimate of drug-likeness (QED) is 0.258. The van der Waals surface area contributed by atoms with E-state index in [-0.39, 0.29) is 0 Å². The second-order valence-electron chi connectivity index (χ2n) is 8.55. The van der Waals surface area contributed by atoms with Gasteiger partial charge in [0.15, 0.2) is 0 Å². The van der Waals surface area contributed by atoms with Gasteiger partial charge in [-0.15, -0.1) is 0 Å². The summed E-state index contributed by atoms with van der Waals surface area (Å²) in [4.78, 5) is 0. The van der Waals surface area contributed by atoms with Crippen LogP contribution in [0.3, 0.4) is 0 Å². The lowest BCUT2D eigenvalue weighted by Crippen LogP contribution is -2.40. The number of ether oxygens (including phenoxy) is 1. The van der Waals surface area contributed by atoms with Gasteiger partial charge in [0.05, 0.1) is 32.4 Å². The van der Waals surface area contributed by atoms with Crippen LogP contribution in [0.5, 0.6) is 5.75 Å². The minimum absolute atomic E-state index is 0.886. The lowest BCUT2D eigenvalue weighted by molar-refractivity contribution is -0.903. The fraction of sp³-hybridized carbons (Fsp3) is 0.269. The van der Waals surface area contributed by atoms with Gasteiger partial charge in [-0.25, -0.2) is 0 Å². The Morgan fingerprint density at radius 3 is 2.29 bits per heavy atom. The fourth-order valence-electron chi connectivity index (χ4n) is 3.89. The first kappa shape index (κ1) is 21.3. The van der Waals surface area contributed by atoms with Gasteiger partial charge in [-0.3, -0.25) is 0 Å². The van der Waals surface area contributed by atoms with Crippen LogP contribution in [0.2, 0.25) is 0 Å². The minimum atomic E-state index is 0.886. The average Bonchev–Trinajstić information content (AvgIpc) is 3.20. The Labute approximate surface area is 188 Å². The number of benzene rings is 3. The predicted octanol–water partition coefficient (Wildman–Crippen LogP) is 6.05. The van der Waals surface area contributed by atoms with E-state index in [4.69, 9.17) is 4.74 Å². The Bertz CT molecular complexity index is 1120. The van der Waals surface area contributed by atoms with Crippen molar-refractivity contribution in [2.24, 2.45) is 0 Å². The molecule has 1 aromatic heterocycles. The van der Waals surface area contributed by atoms with Gasteiger partial charge in [-0.2, -0.15) is 4.37 Å². The van der Waals surface area contributed by atoms with Gasteiger partial charge in [-0.05, 0) is 46.9 Å². The molecule has 0 saturated heterocycles. The van der Waals surface area contributed by atoms with E-state index in [1.807, 2.05) is 12.1 Å². The number of quaternary nitrogens is 1. The van der Waals surface area contributed by atoms with Crippen molar-refractivity contribution in [3.8, 4) is 16.9 Å². The molecule has 4 nitrogen and oxygen atoms in total. The topological polar surface area (TPSA) is 34.1 Å². The fourth-order valence-corrected chi connectivity index (χ4v) is 4.64. The molecular formula is C26H30N3OS+. The molecular weight excluding hydrogens is 402 g/mol. The number of anilines is 1. The highest BCUT2D eigenvalue weighted by Gasteiger charge is 2.16. The second kappa shape index (κ2) is 9.50. The molecule has 5 heteroatoms. The van der Waals surface area contributed by atoms with Crippen LogP contribution in [0.15, 0.2) is 72.8 Å². The van der Waals surface area contributed by atoms with Crippen LogP contribution < -0.4 is 10.1 Å². The zero-order valence-electron chi connectivity index (χ0n) is 18.5. The molecule has 0 fully saturated rings. The number of aromatic nitrogens is 1. The number of nitrogens with zero attached hydrogens (tertiary/aromatic N) is 2. The molecule has 160 valence electrons. The normalized spacial score (nSPS) is 11.6. The number of fused-ring (bicyclic) bond motifs is 1. The molecule has 0 aliphatic rings. The molecule has 0 amide bonds. The molecule has 0 saturated carbocycles. The molecule has 4 aromatic rings. The molecule has 0 unspecified atom stereocenters. The summed E-state index contributed by atoms with van der Waals surface area (Å²) in [5.41, 5.74) is 3.80. The first-order valence-corrected chi connectivity index (χ1v) is 11.5. The Hall–Kier alpha value is -2.89. The summed E-state index contributed by atoms with van der Waals surface area (Å²) in [6.45, 7) is 3.06. The highest BCUT2D eigenvalue weighted by Crippen LogP contribution is 2.26. The van der Waals surface area contributed by atoms with E-state index in [9.17, 15) is 0 Å². The van der Waals surface area contributed by atoms with E-state index in [1.54, 1.807) is 18.6 Å². The summed E-state index contributed by atoms with van der Waals surface area (Å²) >= 11 is 1.56. The first-order chi connectivity index (χ1) is 15.0. The summed E-state index contributed by atoms with van der Waals surface area (Å²) in [6.07, 6.45) is 1.10. The van der Waals surface area contributed by atoms with E-state index in [1.165, 1.54) is 26.8 Å². The van der Waals surface area contributed by atoms with E-state index >= 15 is 0 Å². The molecule has 4 rings (SSSR count). The standard InChI is InChI=1S/C26H30N3OS/c1-29(2,18-6-17-27-26-24-7-4-5-8-25(24)31-28-26)19-20-9-11-21(12-10-20)22-13-15-23(30-3)16-14-22/h4-5,7-16H,6,17-19H2,1-3H3,(H,27,28)/q+1. The van der Waals surface area contributed by atoms with Crippen LogP contribution >= 0.6 is 11.5 Å². The molecule has 0 aliphatic heterocycles. The minimum Gasteiger partial charge on any atom is -0.497 e. The third-order valence-corrected chi connectivity index (χ3v) is 6.42. The van der Waals surface area contributed by atoms with Crippen LogP contribution in [0.25, 0.3) is 21.2 Å². The molecule has 3 aromatic carbocycles. The van der Waals surface area contributed by atoms with Crippen LogP contribution in [-0.2, 0) is 6.54 Å². The van der Waals surface area contributed by atoms with Crippen molar-refractivity contribution < 1.29 is 9.22 Å². The third-order valence-electron chi connectivity index (χ3n) is 5.60. The molecule has 31 heavy (non-hydrogen) atoms. The molecule has 0 bridgehead atoms. The molecule has 1 heterocycles. The van der Waals surface area contributed by atoms with E-state index in [0.717, 1.165) is 42.1 Å². The average molecular weight is 433 g/mol. The maximum absolute atomic E-state index is 5.25. The predicted molar refractivity (Wildman–Crippen MR) is 132 cm³/mol. The van der Waals surface area contributed by atoms with Crippen LogP contribution in [0, 0.1) is 0 Å². The number of hydrogen-bond acceptors (Lipinski definition) is 4. The number of methoxy groups -OCH3 is 1. The summed E-state index contributed by atoms with van der Waals surface area (Å²) in [5, 5.41) is 4.74. The molecule has 1 N–H and O–H groups in total. The Kier molecular flexibility index (Phi) is 6.54. The van der Waals surface area contributed by atoms with Gasteiger partial charge in [-0.1, -0.05) is 48.5 Å². The Morgan fingerprint density at radius 2 is 1.58 bits per heavy atom. The number of hydrogen-bond donors (Lipinski definition) is 1. The summed E-state index contributed by atoms with van der Waals surface area (Å²) < 4.78 is 12.0. The smallest absolute Gasteiger partial charge is 0.147 e. The molecule has 0 atom stereocenters.